The van der Waals surface area contributed by atoms with Gasteiger partial charge in [-0.15, -0.1) is 0 Å². The van der Waals surface area contributed by atoms with Crippen molar-refractivity contribution in [3.05, 3.63) is 70.2 Å². The molecule has 0 bridgehead atoms. The number of likely N-dealkylation sites (tertiary alicyclic amines) is 1. The molecule has 2 fully saturated rings. The highest BCUT2D eigenvalue weighted by atomic mass is 35.5. The van der Waals surface area contributed by atoms with E-state index in [0.29, 0.717) is 11.4 Å². The van der Waals surface area contributed by atoms with Crippen molar-refractivity contribution in [3.63, 3.8) is 0 Å². The number of carbonyl (C=O) groups excluding carboxylic acids is 1. The molecule has 1 aliphatic carbocycles. The summed E-state index contributed by atoms with van der Waals surface area (Å²) in [7, 11) is 0. The molecule has 4 nitrogen and oxygen atoms in total. The van der Waals surface area contributed by atoms with E-state index in [4.69, 9.17) is 23.2 Å². The van der Waals surface area contributed by atoms with E-state index in [-0.39, 0.29) is 24.4 Å². The fourth-order valence-corrected chi connectivity index (χ4v) is 4.95. The van der Waals surface area contributed by atoms with E-state index in [1.807, 2.05) is 66.4 Å². The van der Waals surface area contributed by atoms with Crippen LogP contribution in [0.4, 0.5) is 0 Å². The van der Waals surface area contributed by atoms with Crippen LogP contribution >= 0.6 is 23.2 Å². The van der Waals surface area contributed by atoms with E-state index >= 15 is 0 Å². The summed E-state index contributed by atoms with van der Waals surface area (Å²) >= 11 is 11.5. The lowest BCUT2D eigenvalue weighted by Gasteiger charge is -2.47. The molecule has 2 unspecified atom stereocenters. The van der Waals surface area contributed by atoms with Crippen LogP contribution < -0.4 is 0 Å². The van der Waals surface area contributed by atoms with E-state index in [0.717, 1.165) is 42.7 Å². The standard InChI is InChI=1S/C19H24ClNO3.C6H5Cl/c1-19(12-17(22)23)11-10-16(13-6-8-14(20)9-7-13)21(18(19)24)15-4-2-3-5-15;7-6-4-2-1-3-5-6/h6-9,15-16H,2-5,10-12H2,1H3,(H,22,23);1-5H. The smallest absolute Gasteiger partial charge is 0.304 e. The molecule has 6 heteroatoms. The lowest BCUT2D eigenvalue weighted by atomic mass is 9.74. The molecule has 2 aliphatic rings. The van der Waals surface area contributed by atoms with Crippen molar-refractivity contribution >= 4 is 35.1 Å². The Labute approximate surface area is 194 Å². The summed E-state index contributed by atoms with van der Waals surface area (Å²) in [6, 6.07) is 17.4. The van der Waals surface area contributed by atoms with Crippen LogP contribution in [0.2, 0.25) is 10.0 Å². The first-order chi connectivity index (χ1) is 14.8. The summed E-state index contributed by atoms with van der Waals surface area (Å²) in [6.07, 6.45) is 5.61. The maximum atomic E-state index is 13.3. The maximum Gasteiger partial charge on any atom is 0.304 e. The molecule has 1 saturated carbocycles. The van der Waals surface area contributed by atoms with Crippen LogP contribution in [-0.4, -0.2) is 27.9 Å². The Kier molecular flexibility index (Phi) is 8.01. The van der Waals surface area contributed by atoms with Crippen LogP contribution in [0.5, 0.6) is 0 Å². The number of hydrogen-bond acceptors (Lipinski definition) is 2. The number of carboxylic acid groups (broad SMARTS) is 1. The number of amides is 1. The molecule has 1 amide bonds. The molecule has 1 saturated heterocycles. The molecule has 166 valence electrons. The molecule has 4 rings (SSSR count). The van der Waals surface area contributed by atoms with Crippen molar-refractivity contribution in [1.82, 2.24) is 4.90 Å². The Morgan fingerprint density at radius 1 is 1.00 bits per heavy atom. The molecule has 0 radical (unpaired) electrons. The Morgan fingerprint density at radius 3 is 2.10 bits per heavy atom. The molecular weight excluding hydrogens is 433 g/mol. The third-order valence-electron chi connectivity index (χ3n) is 6.30. The lowest BCUT2D eigenvalue weighted by molar-refractivity contribution is -0.159. The molecule has 2 aromatic rings. The van der Waals surface area contributed by atoms with Crippen molar-refractivity contribution in [2.45, 2.75) is 64.0 Å². The number of nitrogens with zero attached hydrogens (tertiary/aromatic N) is 1. The van der Waals surface area contributed by atoms with Gasteiger partial charge in [0.2, 0.25) is 5.91 Å². The monoisotopic (exact) mass is 461 g/mol. The van der Waals surface area contributed by atoms with Crippen molar-refractivity contribution < 1.29 is 14.7 Å². The second kappa shape index (κ2) is 10.5. The third-order valence-corrected chi connectivity index (χ3v) is 6.81. The topological polar surface area (TPSA) is 57.6 Å². The fourth-order valence-electron chi connectivity index (χ4n) is 4.68. The van der Waals surface area contributed by atoms with Gasteiger partial charge >= 0.3 is 5.97 Å². The highest BCUT2D eigenvalue weighted by Crippen LogP contribution is 2.46. The first-order valence-electron chi connectivity index (χ1n) is 10.8. The highest BCUT2D eigenvalue weighted by Gasteiger charge is 2.48. The number of carboxylic acids is 1. The van der Waals surface area contributed by atoms with Gasteiger partial charge in [-0.2, -0.15) is 0 Å². The first-order valence-corrected chi connectivity index (χ1v) is 11.6. The number of carbonyl (C=O) groups is 2. The largest absolute Gasteiger partial charge is 0.481 e. The van der Waals surface area contributed by atoms with Gasteiger partial charge in [0.05, 0.1) is 17.9 Å². The lowest BCUT2D eigenvalue weighted by Crippen LogP contribution is -2.53. The van der Waals surface area contributed by atoms with Gasteiger partial charge in [-0.1, -0.05) is 73.3 Å². The van der Waals surface area contributed by atoms with Gasteiger partial charge in [-0.05, 0) is 55.5 Å². The SMILES string of the molecule is CC1(CC(=O)O)CCC(c2ccc(Cl)cc2)N(C2CCCC2)C1=O.Clc1ccccc1. The van der Waals surface area contributed by atoms with Crippen LogP contribution in [-0.2, 0) is 9.59 Å². The average molecular weight is 462 g/mol. The van der Waals surface area contributed by atoms with Crippen molar-refractivity contribution in [3.8, 4) is 0 Å². The van der Waals surface area contributed by atoms with E-state index in [1.54, 1.807) is 0 Å². The number of hydrogen-bond donors (Lipinski definition) is 1. The van der Waals surface area contributed by atoms with Crippen LogP contribution in [0.15, 0.2) is 54.6 Å². The van der Waals surface area contributed by atoms with Gasteiger partial charge in [0.25, 0.3) is 0 Å². The number of piperidine rings is 1. The minimum atomic E-state index is -0.901. The minimum Gasteiger partial charge on any atom is -0.481 e. The molecular formula is C25H29Cl2NO3. The number of aliphatic carboxylic acids is 1. The van der Waals surface area contributed by atoms with Gasteiger partial charge in [0.15, 0.2) is 0 Å². The Bertz CT molecular complexity index is 881. The summed E-state index contributed by atoms with van der Waals surface area (Å²) in [6.45, 7) is 1.81. The summed E-state index contributed by atoms with van der Waals surface area (Å²) in [5.74, 6) is -0.898. The molecule has 1 N–H and O–H groups in total. The second-order valence-electron chi connectivity index (χ2n) is 8.68. The van der Waals surface area contributed by atoms with Crippen LogP contribution in [0, 0.1) is 5.41 Å². The zero-order chi connectivity index (χ0) is 22.4. The molecule has 1 heterocycles. The van der Waals surface area contributed by atoms with Gasteiger partial charge in [0, 0.05) is 16.1 Å². The predicted molar refractivity (Wildman–Crippen MR) is 124 cm³/mol. The van der Waals surface area contributed by atoms with E-state index in [1.165, 1.54) is 0 Å². The summed E-state index contributed by atoms with van der Waals surface area (Å²) in [5, 5.41) is 10.7. The fraction of sp³-hybridized carbons (Fsp3) is 0.440. The van der Waals surface area contributed by atoms with E-state index in [9.17, 15) is 14.7 Å². The molecule has 0 spiro atoms. The molecule has 2 aromatic carbocycles. The second-order valence-corrected chi connectivity index (χ2v) is 9.56. The predicted octanol–water partition coefficient (Wildman–Crippen LogP) is 6.77. The maximum absolute atomic E-state index is 13.3. The van der Waals surface area contributed by atoms with Crippen LogP contribution in [0.25, 0.3) is 0 Å². The van der Waals surface area contributed by atoms with Crippen molar-refractivity contribution in [2.75, 3.05) is 0 Å². The zero-order valence-corrected chi connectivity index (χ0v) is 19.3. The van der Waals surface area contributed by atoms with Gasteiger partial charge < -0.3 is 10.0 Å². The van der Waals surface area contributed by atoms with Gasteiger partial charge in [0.1, 0.15) is 0 Å². The Morgan fingerprint density at radius 2 is 1.58 bits per heavy atom. The van der Waals surface area contributed by atoms with Crippen LogP contribution in [0.1, 0.15) is 63.5 Å². The summed E-state index contributed by atoms with van der Waals surface area (Å²) < 4.78 is 0. The summed E-state index contributed by atoms with van der Waals surface area (Å²) in [4.78, 5) is 26.5. The minimum absolute atomic E-state index is 0.00278. The van der Waals surface area contributed by atoms with Gasteiger partial charge in [-0.25, -0.2) is 0 Å². The van der Waals surface area contributed by atoms with Crippen LogP contribution in [0.3, 0.4) is 0 Å². The number of halogens is 2. The number of rotatable bonds is 4. The summed E-state index contributed by atoms with van der Waals surface area (Å²) in [5.41, 5.74) is 0.300. The molecule has 31 heavy (non-hydrogen) atoms. The highest BCUT2D eigenvalue weighted by molar-refractivity contribution is 6.30. The zero-order valence-electron chi connectivity index (χ0n) is 17.8. The third kappa shape index (κ3) is 6.02. The Balaban J connectivity index is 0.000000330. The normalized spacial score (nSPS) is 23.9. The van der Waals surface area contributed by atoms with Crippen molar-refractivity contribution in [1.29, 1.82) is 0 Å². The molecule has 2 atom stereocenters. The van der Waals surface area contributed by atoms with Crippen molar-refractivity contribution in [2.24, 2.45) is 5.41 Å². The molecule has 1 aliphatic heterocycles. The average Bonchev–Trinajstić information content (AvgIpc) is 3.26. The van der Waals surface area contributed by atoms with E-state index in [2.05, 4.69) is 0 Å². The van der Waals surface area contributed by atoms with Gasteiger partial charge in [-0.3, -0.25) is 9.59 Å². The number of benzene rings is 2. The molecule has 0 aromatic heterocycles. The van der Waals surface area contributed by atoms with E-state index < -0.39 is 11.4 Å². The Hall–Kier alpha value is -2.04. The first kappa shape index (κ1) is 23.6. The quantitative estimate of drug-likeness (QED) is 0.546.